The monoisotopic (exact) mass is 429 g/mol. The molecule has 166 valence electrons. The van der Waals surface area contributed by atoms with Crippen molar-refractivity contribution in [1.29, 1.82) is 0 Å². The molecule has 1 aliphatic rings. The molecule has 1 amide bonds. The van der Waals surface area contributed by atoms with E-state index in [1.165, 1.54) is 5.69 Å². The molecule has 0 aromatic heterocycles. The van der Waals surface area contributed by atoms with E-state index in [4.69, 9.17) is 4.74 Å². The molecular formula is C27H31N3O2. The minimum absolute atomic E-state index is 0.0490. The third kappa shape index (κ3) is 5.68. The fourth-order valence-corrected chi connectivity index (χ4v) is 4.07. The lowest BCUT2D eigenvalue weighted by molar-refractivity contribution is 0.0932. The van der Waals surface area contributed by atoms with Crippen molar-refractivity contribution >= 4 is 11.6 Å². The number of carbonyl (C=O) groups is 1. The van der Waals surface area contributed by atoms with Crippen molar-refractivity contribution in [2.75, 3.05) is 37.6 Å². The van der Waals surface area contributed by atoms with Gasteiger partial charge in [-0.05, 0) is 37.3 Å². The van der Waals surface area contributed by atoms with Crippen molar-refractivity contribution in [2.45, 2.75) is 19.6 Å². The van der Waals surface area contributed by atoms with Crippen molar-refractivity contribution in [1.82, 2.24) is 10.2 Å². The smallest absolute Gasteiger partial charge is 0.251 e. The Labute approximate surface area is 190 Å². The van der Waals surface area contributed by atoms with Gasteiger partial charge >= 0.3 is 0 Å². The molecule has 1 atom stereocenters. The highest BCUT2D eigenvalue weighted by molar-refractivity contribution is 5.95. The molecule has 1 aliphatic heterocycles. The summed E-state index contributed by atoms with van der Waals surface area (Å²) in [7, 11) is 0. The van der Waals surface area contributed by atoms with E-state index < -0.39 is 0 Å². The number of piperazine rings is 1. The summed E-state index contributed by atoms with van der Waals surface area (Å²) < 4.78 is 5.86. The Morgan fingerprint density at radius 2 is 1.50 bits per heavy atom. The summed E-state index contributed by atoms with van der Waals surface area (Å²) in [6.45, 7) is 7.16. The van der Waals surface area contributed by atoms with Crippen molar-refractivity contribution < 1.29 is 9.53 Å². The Morgan fingerprint density at radius 3 is 2.22 bits per heavy atom. The van der Waals surface area contributed by atoms with E-state index in [1.807, 2.05) is 54.6 Å². The lowest BCUT2D eigenvalue weighted by Gasteiger charge is -2.39. The number of hydrogen-bond donors (Lipinski definition) is 1. The van der Waals surface area contributed by atoms with E-state index in [0.717, 1.165) is 37.5 Å². The predicted molar refractivity (Wildman–Crippen MR) is 129 cm³/mol. The zero-order chi connectivity index (χ0) is 22.2. The first-order valence-corrected chi connectivity index (χ1v) is 11.3. The maximum Gasteiger partial charge on any atom is 0.251 e. The Morgan fingerprint density at radius 1 is 0.875 bits per heavy atom. The molecule has 5 heteroatoms. The third-order valence-corrected chi connectivity index (χ3v) is 6.02. The van der Waals surface area contributed by atoms with Gasteiger partial charge in [0, 0.05) is 55.6 Å². The number of hydrogen-bond acceptors (Lipinski definition) is 4. The first-order valence-electron chi connectivity index (χ1n) is 11.3. The largest absolute Gasteiger partial charge is 0.489 e. The summed E-state index contributed by atoms with van der Waals surface area (Å²) in [5, 5.41) is 3.13. The molecule has 3 aromatic rings. The number of anilines is 1. The Hall–Kier alpha value is -3.31. The second-order valence-corrected chi connectivity index (χ2v) is 8.18. The van der Waals surface area contributed by atoms with Gasteiger partial charge < -0.3 is 15.0 Å². The second kappa shape index (κ2) is 10.8. The molecule has 4 rings (SSSR count). The Kier molecular flexibility index (Phi) is 7.41. The fourth-order valence-electron chi connectivity index (χ4n) is 4.07. The highest BCUT2D eigenvalue weighted by Gasteiger charge is 2.22. The van der Waals surface area contributed by atoms with Gasteiger partial charge in [-0.25, -0.2) is 0 Å². The molecule has 1 fully saturated rings. The van der Waals surface area contributed by atoms with Crippen LogP contribution in [0.2, 0.25) is 0 Å². The van der Waals surface area contributed by atoms with Gasteiger partial charge in [-0.1, -0.05) is 54.6 Å². The first kappa shape index (κ1) is 21.9. The predicted octanol–water partition coefficient (Wildman–Crippen LogP) is 4.21. The lowest BCUT2D eigenvalue weighted by atomic mass is 10.1. The second-order valence-electron chi connectivity index (χ2n) is 8.18. The third-order valence-electron chi connectivity index (χ3n) is 6.02. The van der Waals surface area contributed by atoms with E-state index in [2.05, 4.69) is 52.4 Å². The van der Waals surface area contributed by atoms with E-state index >= 15 is 0 Å². The van der Waals surface area contributed by atoms with Gasteiger partial charge in [0.1, 0.15) is 12.4 Å². The quantitative estimate of drug-likeness (QED) is 0.583. The molecule has 0 spiro atoms. The van der Waals surface area contributed by atoms with E-state index in [1.54, 1.807) is 0 Å². The van der Waals surface area contributed by atoms with Crippen LogP contribution >= 0.6 is 0 Å². The topological polar surface area (TPSA) is 44.8 Å². The molecule has 3 aromatic carbocycles. The maximum atomic E-state index is 12.9. The number of nitrogens with one attached hydrogen (secondary N) is 1. The summed E-state index contributed by atoms with van der Waals surface area (Å²) in [6.07, 6.45) is 0. The highest BCUT2D eigenvalue weighted by atomic mass is 16.5. The van der Waals surface area contributed by atoms with Gasteiger partial charge in [0.05, 0.1) is 0 Å². The Balaban J connectivity index is 1.27. The van der Waals surface area contributed by atoms with Crippen LogP contribution in [-0.2, 0) is 6.61 Å². The summed E-state index contributed by atoms with van der Waals surface area (Å²) in [6, 6.07) is 28.2. The molecule has 1 unspecified atom stereocenters. The first-order chi connectivity index (χ1) is 15.7. The van der Waals surface area contributed by atoms with Crippen LogP contribution in [0, 0.1) is 0 Å². The van der Waals surface area contributed by atoms with Gasteiger partial charge in [-0.2, -0.15) is 0 Å². The number of benzene rings is 3. The van der Waals surface area contributed by atoms with Gasteiger partial charge in [-0.15, -0.1) is 0 Å². The molecule has 5 nitrogen and oxygen atoms in total. The summed E-state index contributed by atoms with van der Waals surface area (Å²) in [5.74, 6) is 0.748. The normalized spacial score (nSPS) is 15.2. The van der Waals surface area contributed by atoms with E-state index in [-0.39, 0.29) is 11.9 Å². The Bertz CT molecular complexity index is 986. The van der Waals surface area contributed by atoms with Crippen LogP contribution in [0.3, 0.4) is 0 Å². The molecule has 1 heterocycles. The average molecular weight is 430 g/mol. The molecule has 0 aliphatic carbocycles. The number of ether oxygens (including phenoxy) is 1. The zero-order valence-electron chi connectivity index (χ0n) is 18.6. The van der Waals surface area contributed by atoms with Crippen LogP contribution in [0.25, 0.3) is 0 Å². The standard InChI is InChI=1S/C27H31N3O2/c1-22(29-16-18-30(19-17-29)24-11-4-2-5-12-24)20-28-27(31)26-15-9-8-10-23(26)21-32-25-13-6-3-7-14-25/h2-15,22H,16-21H2,1H3,(H,28,31). The zero-order valence-corrected chi connectivity index (χ0v) is 18.6. The SMILES string of the molecule is CC(CNC(=O)c1ccccc1COc1ccccc1)N1CCN(c2ccccc2)CC1. The van der Waals surface area contributed by atoms with Gasteiger partial charge in [0.15, 0.2) is 0 Å². The van der Waals surface area contributed by atoms with Crippen molar-refractivity contribution in [3.63, 3.8) is 0 Å². The summed E-state index contributed by atoms with van der Waals surface area (Å²) in [5.41, 5.74) is 2.84. The van der Waals surface area contributed by atoms with Gasteiger partial charge in [0.25, 0.3) is 5.91 Å². The molecule has 1 N–H and O–H groups in total. The summed E-state index contributed by atoms with van der Waals surface area (Å²) in [4.78, 5) is 17.8. The lowest BCUT2D eigenvalue weighted by Crippen LogP contribution is -2.52. The number of nitrogens with zero attached hydrogens (tertiary/aromatic N) is 2. The molecule has 0 radical (unpaired) electrons. The van der Waals surface area contributed by atoms with Gasteiger partial charge in [0.2, 0.25) is 0 Å². The molecular weight excluding hydrogens is 398 g/mol. The van der Waals surface area contributed by atoms with Crippen LogP contribution in [0.5, 0.6) is 5.75 Å². The van der Waals surface area contributed by atoms with Gasteiger partial charge in [-0.3, -0.25) is 9.69 Å². The minimum atomic E-state index is -0.0490. The van der Waals surface area contributed by atoms with E-state index in [0.29, 0.717) is 18.7 Å². The number of rotatable bonds is 8. The van der Waals surface area contributed by atoms with Crippen LogP contribution in [0.1, 0.15) is 22.8 Å². The number of carbonyl (C=O) groups excluding carboxylic acids is 1. The van der Waals surface area contributed by atoms with Crippen LogP contribution in [-0.4, -0.2) is 49.6 Å². The van der Waals surface area contributed by atoms with E-state index in [9.17, 15) is 4.79 Å². The number of para-hydroxylation sites is 2. The number of amides is 1. The van der Waals surface area contributed by atoms with Crippen molar-refractivity contribution in [3.05, 3.63) is 96.1 Å². The van der Waals surface area contributed by atoms with Crippen molar-refractivity contribution in [3.8, 4) is 5.75 Å². The van der Waals surface area contributed by atoms with Crippen molar-refractivity contribution in [2.24, 2.45) is 0 Å². The highest BCUT2D eigenvalue weighted by Crippen LogP contribution is 2.17. The van der Waals surface area contributed by atoms with Crippen LogP contribution in [0.4, 0.5) is 5.69 Å². The van der Waals surface area contributed by atoms with Crippen LogP contribution < -0.4 is 15.0 Å². The molecule has 0 bridgehead atoms. The average Bonchev–Trinajstić information content (AvgIpc) is 2.87. The van der Waals surface area contributed by atoms with Crippen LogP contribution in [0.15, 0.2) is 84.9 Å². The fraction of sp³-hybridized carbons (Fsp3) is 0.296. The summed E-state index contributed by atoms with van der Waals surface area (Å²) >= 11 is 0. The molecule has 0 saturated carbocycles. The molecule has 32 heavy (non-hydrogen) atoms. The molecule has 1 saturated heterocycles. The maximum absolute atomic E-state index is 12.9. The minimum Gasteiger partial charge on any atom is -0.489 e.